The number of nitrogens with one attached hydrogen (secondary N) is 3. The molecule has 1 heterocycles. The highest BCUT2D eigenvalue weighted by Gasteiger charge is 2.20. The number of H-pyrrole nitrogens is 1. The average molecular weight is 402 g/mol. The number of aromatic nitrogens is 1. The van der Waals surface area contributed by atoms with E-state index in [-0.39, 0.29) is 0 Å². The van der Waals surface area contributed by atoms with Gasteiger partial charge in [-0.15, -0.1) is 0 Å². The topological polar surface area (TPSA) is 111 Å². The molecule has 0 atom stereocenters. The maximum atomic E-state index is 12.2. The molecule has 0 spiro atoms. The molecule has 0 aliphatic rings. The van der Waals surface area contributed by atoms with Crippen molar-refractivity contribution in [2.24, 2.45) is 0 Å². The van der Waals surface area contributed by atoms with E-state index in [0.29, 0.717) is 20.9 Å². The summed E-state index contributed by atoms with van der Waals surface area (Å²) >= 11 is 3.23. The van der Waals surface area contributed by atoms with Crippen LogP contribution in [0.5, 0.6) is 5.75 Å². The van der Waals surface area contributed by atoms with Crippen molar-refractivity contribution in [3.05, 3.63) is 74.5 Å². The minimum atomic E-state index is -0.926. The first-order valence-corrected chi connectivity index (χ1v) is 7.97. The van der Waals surface area contributed by atoms with E-state index in [4.69, 9.17) is 0 Å². The zero-order valence-electron chi connectivity index (χ0n) is 12.7. The van der Waals surface area contributed by atoms with Gasteiger partial charge in [-0.25, -0.2) is 0 Å². The molecule has 25 heavy (non-hydrogen) atoms. The molecule has 4 N–H and O–H groups in total. The maximum absolute atomic E-state index is 12.2. The lowest BCUT2D eigenvalue weighted by molar-refractivity contribution is 0.0844. The molecule has 0 fully saturated rings. The number of carbonyl (C=O) groups excluding carboxylic acids is 2. The second-order valence-electron chi connectivity index (χ2n) is 5.11. The number of aromatic hydroxyl groups is 1. The summed E-state index contributed by atoms with van der Waals surface area (Å²) in [4.78, 5) is 38.9. The lowest BCUT2D eigenvalue weighted by Crippen LogP contribution is -2.43. The Hall–Kier alpha value is -3.13. The van der Waals surface area contributed by atoms with E-state index in [1.165, 1.54) is 0 Å². The van der Waals surface area contributed by atoms with Gasteiger partial charge in [0.15, 0.2) is 0 Å². The van der Waals surface area contributed by atoms with E-state index >= 15 is 0 Å². The third-order valence-corrected chi connectivity index (χ3v) is 4.22. The summed E-state index contributed by atoms with van der Waals surface area (Å²) in [5.74, 6) is -1.95. The molecule has 0 aliphatic heterocycles. The SMILES string of the molecule is O=C(NNC(=O)c1c(O)c2ccccc2[nH]c1=O)c1ccccc1Br. The van der Waals surface area contributed by atoms with Crippen LogP contribution in [0.1, 0.15) is 20.7 Å². The van der Waals surface area contributed by atoms with E-state index < -0.39 is 28.7 Å². The molecule has 2 amide bonds. The van der Waals surface area contributed by atoms with Crippen LogP contribution in [0.2, 0.25) is 0 Å². The van der Waals surface area contributed by atoms with Crippen LogP contribution in [0.15, 0.2) is 57.8 Å². The lowest BCUT2D eigenvalue weighted by Gasteiger charge is -2.10. The number of pyridine rings is 1. The molecule has 7 nitrogen and oxygen atoms in total. The van der Waals surface area contributed by atoms with Gasteiger partial charge in [-0.2, -0.15) is 0 Å². The zero-order valence-corrected chi connectivity index (χ0v) is 14.3. The number of rotatable bonds is 2. The summed E-state index contributed by atoms with van der Waals surface area (Å²) in [6.07, 6.45) is 0. The summed E-state index contributed by atoms with van der Waals surface area (Å²) in [7, 11) is 0. The predicted octanol–water partition coefficient (Wildman–Crippen LogP) is 2.07. The number of halogens is 1. The Morgan fingerprint density at radius 2 is 1.60 bits per heavy atom. The molecular formula is C17H12BrN3O4. The second kappa shape index (κ2) is 6.78. The van der Waals surface area contributed by atoms with Crippen molar-refractivity contribution in [3.63, 3.8) is 0 Å². The van der Waals surface area contributed by atoms with Crippen LogP contribution in [0.25, 0.3) is 10.9 Å². The third kappa shape index (κ3) is 3.24. The molecular weight excluding hydrogens is 390 g/mol. The first-order chi connectivity index (χ1) is 12.0. The zero-order chi connectivity index (χ0) is 18.0. The molecule has 126 valence electrons. The van der Waals surface area contributed by atoms with Gasteiger partial charge >= 0.3 is 0 Å². The highest BCUT2D eigenvalue weighted by atomic mass is 79.9. The van der Waals surface area contributed by atoms with Gasteiger partial charge < -0.3 is 10.1 Å². The Bertz CT molecular complexity index is 1050. The van der Waals surface area contributed by atoms with E-state index in [0.717, 1.165) is 0 Å². The quantitative estimate of drug-likeness (QED) is 0.492. The Morgan fingerprint density at radius 1 is 0.960 bits per heavy atom. The predicted molar refractivity (Wildman–Crippen MR) is 95.3 cm³/mol. The highest BCUT2D eigenvalue weighted by Crippen LogP contribution is 2.24. The molecule has 2 aromatic carbocycles. The van der Waals surface area contributed by atoms with Crippen LogP contribution < -0.4 is 16.4 Å². The smallest absolute Gasteiger partial charge is 0.279 e. The highest BCUT2D eigenvalue weighted by molar-refractivity contribution is 9.10. The summed E-state index contributed by atoms with van der Waals surface area (Å²) in [6.45, 7) is 0. The first kappa shape index (κ1) is 16.7. The van der Waals surface area contributed by atoms with Crippen molar-refractivity contribution in [2.45, 2.75) is 0 Å². The molecule has 0 unspecified atom stereocenters. The van der Waals surface area contributed by atoms with Gasteiger partial charge in [0.25, 0.3) is 17.4 Å². The summed E-state index contributed by atoms with van der Waals surface area (Å²) in [6, 6.07) is 13.2. The number of hydrogen-bond donors (Lipinski definition) is 4. The van der Waals surface area contributed by atoms with Crippen LogP contribution in [0, 0.1) is 0 Å². The number of para-hydroxylation sites is 1. The van der Waals surface area contributed by atoms with E-state index in [2.05, 4.69) is 31.8 Å². The van der Waals surface area contributed by atoms with Crippen molar-refractivity contribution in [1.82, 2.24) is 15.8 Å². The molecule has 0 aliphatic carbocycles. The fourth-order valence-electron chi connectivity index (χ4n) is 2.33. The number of aromatic amines is 1. The van der Waals surface area contributed by atoms with E-state index in [1.54, 1.807) is 48.5 Å². The van der Waals surface area contributed by atoms with Gasteiger partial charge in [0, 0.05) is 9.86 Å². The summed E-state index contributed by atoms with van der Waals surface area (Å²) in [5.41, 5.74) is 3.81. The van der Waals surface area contributed by atoms with E-state index in [1.807, 2.05) is 0 Å². The summed E-state index contributed by atoms with van der Waals surface area (Å²) in [5, 5.41) is 10.5. The molecule has 0 saturated heterocycles. The standard InChI is InChI=1S/C17H12BrN3O4/c18-11-7-3-1-5-9(11)15(23)20-21-17(25)13-14(22)10-6-2-4-8-12(10)19-16(13)24/h1-8H,(H,20,23)(H,21,25)(H2,19,22,24). The van der Waals surface area contributed by atoms with Gasteiger partial charge in [-0.1, -0.05) is 24.3 Å². The van der Waals surface area contributed by atoms with E-state index in [9.17, 15) is 19.5 Å². The molecule has 0 saturated carbocycles. The number of hydrazine groups is 1. The van der Waals surface area contributed by atoms with Gasteiger partial charge in [-0.3, -0.25) is 25.2 Å². The first-order valence-electron chi connectivity index (χ1n) is 7.18. The third-order valence-electron chi connectivity index (χ3n) is 3.53. The molecule has 8 heteroatoms. The van der Waals surface area contributed by atoms with Gasteiger partial charge in [-0.05, 0) is 40.2 Å². The Labute approximate surface area is 149 Å². The fraction of sp³-hybridized carbons (Fsp3) is 0. The number of fused-ring (bicyclic) bond motifs is 1. The van der Waals surface area contributed by atoms with Crippen molar-refractivity contribution >= 4 is 38.6 Å². The number of benzene rings is 2. The molecule has 3 rings (SSSR count). The van der Waals surface area contributed by atoms with Crippen molar-refractivity contribution in [3.8, 4) is 5.75 Å². The second-order valence-corrected chi connectivity index (χ2v) is 5.97. The Kier molecular flexibility index (Phi) is 4.53. The Morgan fingerprint density at radius 3 is 2.36 bits per heavy atom. The van der Waals surface area contributed by atoms with Crippen LogP contribution in [-0.2, 0) is 0 Å². The summed E-state index contributed by atoms with van der Waals surface area (Å²) < 4.78 is 0.549. The normalized spacial score (nSPS) is 10.4. The monoisotopic (exact) mass is 401 g/mol. The van der Waals surface area contributed by atoms with Crippen molar-refractivity contribution in [1.29, 1.82) is 0 Å². The maximum Gasteiger partial charge on any atom is 0.279 e. The van der Waals surface area contributed by atoms with Crippen LogP contribution >= 0.6 is 15.9 Å². The van der Waals surface area contributed by atoms with Crippen LogP contribution in [0.4, 0.5) is 0 Å². The van der Waals surface area contributed by atoms with Gasteiger partial charge in [0.05, 0.1) is 11.1 Å². The average Bonchev–Trinajstić information content (AvgIpc) is 2.60. The molecule has 0 bridgehead atoms. The van der Waals surface area contributed by atoms with Crippen molar-refractivity contribution in [2.75, 3.05) is 0 Å². The van der Waals surface area contributed by atoms with Gasteiger partial charge in [0.1, 0.15) is 11.3 Å². The minimum Gasteiger partial charge on any atom is -0.506 e. The molecule has 1 aromatic heterocycles. The molecule has 0 radical (unpaired) electrons. The molecule has 3 aromatic rings. The van der Waals surface area contributed by atoms with Gasteiger partial charge in [0.2, 0.25) is 0 Å². The van der Waals surface area contributed by atoms with Crippen molar-refractivity contribution < 1.29 is 14.7 Å². The Balaban J connectivity index is 1.85. The fourth-order valence-corrected chi connectivity index (χ4v) is 2.79. The lowest BCUT2D eigenvalue weighted by atomic mass is 10.1. The van der Waals surface area contributed by atoms with Crippen LogP contribution in [0.3, 0.4) is 0 Å². The minimum absolute atomic E-state index is 0.305. The van der Waals surface area contributed by atoms with Crippen LogP contribution in [-0.4, -0.2) is 21.9 Å². The number of amides is 2. The number of hydrogen-bond acceptors (Lipinski definition) is 4. The number of carbonyl (C=O) groups is 2. The largest absolute Gasteiger partial charge is 0.506 e.